The molecule has 0 saturated carbocycles. The summed E-state index contributed by atoms with van der Waals surface area (Å²) in [7, 11) is 0. The van der Waals surface area contributed by atoms with E-state index in [1.807, 2.05) is 43.3 Å². The fourth-order valence-electron chi connectivity index (χ4n) is 2.71. The van der Waals surface area contributed by atoms with Gasteiger partial charge in [0.25, 0.3) is 0 Å². The van der Waals surface area contributed by atoms with Crippen LogP contribution in [0.1, 0.15) is 5.56 Å². The number of aryl methyl sites for hydroxylation is 1. The zero-order valence-electron chi connectivity index (χ0n) is 13.4. The summed E-state index contributed by atoms with van der Waals surface area (Å²) >= 11 is 5.91. The van der Waals surface area contributed by atoms with E-state index >= 15 is 0 Å². The van der Waals surface area contributed by atoms with E-state index in [9.17, 15) is 4.39 Å². The van der Waals surface area contributed by atoms with Crippen molar-refractivity contribution in [1.82, 2.24) is 15.0 Å². The highest BCUT2D eigenvalue weighted by molar-refractivity contribution is 6.31. The topological polar surface area (TPSA) is 38.7 Å². The van der Waals surface area contributed by atoms with E-state index in [-0.39, 0.29) is 5.02 Å². The molecule has 0 unspecified atom stereocenters. The molecule has 0 radical (unpaired) electrons. The number of aromatic nitrogens is 3. The van der Waals surface area contributed by atoms with Gasteiger partial charge in [-0.1, -0.05) is 41.9 Å². The van der Waals surface area contributed by atoms with E-state index in [1.165, 1.54) is 6.07 Å². The van der Waals surface area contributed by atoms with Crippen molar-refractivity contribution in [3.05, 3.63) is 77.2 Å². The van der Waals surface area contributed by atoms with Gasteiger partial charge in [0.15, 0.2) is 11.6 Å². The van der Waals surface area contributed by atoms with E-state index in [0.29, 0.717) is 22.8 Å². The second-order valence-electron chi connectivity index (χ2n) is 5.72. The Balaban J connectivity index is 1.87. The molecule has 0 fully saturated rings. The normalized spacial score (nSPS) is 11.0. The Morgan fingerprint density at radius 1 is 0.920 bits per heavy atom. The molecule has 0 N–H and O–H groups in total. The van der Waals surface area contributed by atoms with Gasteiger partial charge in [-0.15, -0.1) is 0 Å². The van der Waals surface area contributed by atoms with Crippen LogP contribution in [-0.4, -0.2) is 15.0 Å². The molecule has 4 aromatic rings. The average Bonchev–Trinajstić information content (AvgIpc) is 2.64. The van der Waals surface area contributed by atoms with Crippen LogP contribution in [0.15, 0.2) is 60.8 Å². The predicted molar refractivity (Wildman–Crippen MR) is 97.9 cm³/mol. The lowest BCUT2D eigenvalue weighted by molar-refractivity contribution is 0.631. The zero-order valence-corrected chi connectivity index (χ0v) is 14.1. The molecule has 2 heterocycles. The molecule has 0 atom stereocenters. The largest absolute Gasteiger partial charge is 0.244 e. The smallest absolute Gasteiger partial charge is 0.178 e. The number of para-hydroxylation sites is 1. The van der Waals surface area contributed by atoms with Gasteiger partial charge in [0.1, 0.15) is 5.69 Å². The van der Waals surface area contributed by atoms with Gasteiger partial charge in [-0.3, -0.25) is 0 Å². The number of hydrogen-bond acceptors (Lipinski definition) is 3. The summed E-state index contributed by atoms with van der Waals surface area (Å²) in [4.78, 5) is 13.5. The second-order valence-corrected chi connectivity index (χ2v) is 6.12. The third kappa shape index (κ3) is 2.85. The molecular weight excluding hydrogens is 337 g/mol. The Morgan fingerprint density at radius 2 is 1.76 bits per heavy atom. The summed E-state index contributed by atoms with van der Waals surface area (Å²) in [5.74, 6) is 0.0266. The fraction of sp³-hybridized carbons (Fsp3) is 0.0500. The van der Waals surface area contributed by atoms with Crippen molar-refractivity contribution in [3.8, 4) is 22.8 Å². The maximum atomic E-state index is 14.4. The van der Waals surface area contributed by atoms with Gasteiger partial charge in [-0.25, -0.2) is 19.3 Å². The Labute approximate surface area is 149 Å². The van der Waals surface area contributed by atoms with Gasteiger partial charge in [-0.05, 0) is 36.8 Å². The monoisotopic (exact) mass is 349 g/mol. The number of pyridine rings is 1. The Morgan fingerprint density at radius 3 is 2.64 bits per heavy atom. The van der Waals surface area contributed by atoms with Crippen molar-refractivity contribution >= 4 is 22.5 Å². The van der Waals surface area contributed by atoms with Crippen LogP contribution in [0, 0.1) is 12.7 Å². The van der Waals surface area contributed by atoms with Crippen LogP contribution < -0.4 is 0 Å². The number of halogens is 2. The van der Waals surface area contributed by atoms with Crippen LogP contribution in [0.5, 0.6) is 0 Å². The van der Waals surface area contributed by atoms with E-state index in [2.05, 4.69) is 15.0 Å². The van der Waals surface area contributed by atoms with Crippen LogP contribution in [0.2, 0.25) is 5.02 Å². The molecule has 122 valence electrons. The van der Waals surface area contributed by atoms with Crippen LogP contribution >= 0.6 is 11.6 Å². The number of fused-ring (bicyclic) bond motifs is 1. The van der Waals surface area contributed by atoms with Crippen molar-refractivity contribution in [1.29, 1.82) is 0 Å². The highest BCUT2D eigenvalue weighted by atomic mass is 35.5. The number of benzene rings is 2. The molecule has 2 aromatic heterocycles. The summed E-state index contributed by atoms with van der Waals surface area (Å²) < 4.78 is 14.4. The maximum absolute atomic E-state index is 14.4. The van der Waals surface area contributed by atoms with E-state index in [1.54, 1.807) is 18.3 Å². The molecule has 0 spiro atoms. The first-order valence-electron chi connectivity index (χ1n) is 7.77. The lowest BCUT2D eigenvalue weighted by Gasteiger charge is -2.09. The number of nitrogens with zero attached hydrogens (tertiary/aromatic N) is 3. The van der Waals surface area contributed by atoms with Crippen molar-refractivity contribution in [2.75, 3.05) is 0 Å². The van der Waals surface area contributed by atoms with Crippen LogP contribution in [0.3, 0.4) is 0 Å². The van der Waals surface area contributed by atoms with Gasteiger partial charge in [0.2, 0.25) is 0 Å². The van der Waals surface area contributed by atoms with E-state index < -0.39 is 5.82 Å². The molecule has 5 heteroatoms. The molecule has 0 amide bonds. The van der Waals surface area contributed by atoms with Crippen LogP contribution in [0.4, 0.5) is 4.39 Å². The average molecular weight is 350 g/mol. The van der Waals surface area contributed by atoms with Gasteiger partial charge in [-0.2, -0.15) is 0 Å². The number of hydrogen-bond donors (Lipinski definition) is 0. The summed E-state index contributed by atoms with van der Waals surface area (Å²) in [6.07, 6.45) is 1.76. The quantitative estimate of drug-likeness (QED) is 0.482. The lowest BCUT2D eigenvalue weighted by Crippen LogP contribution is -1.97. The molecule has 0 aliphatic rings. The SMILES string of the molecule is Cc1ccc(-c2ncc3ccccc3n2)nc1-c1cccc(Cl)c1F. The zero-order chi connectivity index (χ0) is 17.4. The maximum Gasteiger partial charge on any atom is 0.178 e. The second kappa shape index (κ2) is 6.22. The molecule has 0 aliphatic carbocycles. The Hall–Kier alpha value is -2.85. The Kier molecular flexibility index (Phi) is 3.90. The van der Waals surface area contributed by atoms with Gasteiger partial charge in [0, 0.05) is 17.1 Å². The minimum absolute atomic E-state index is 0.0751. The highest BCUT2D eigenvalue weighted by Gasteiger charge is 2.14. The van der Waals surface area contributed by atoms with Crippen molar-refractivity contribution in [3.63, 3.8) is 0 Å². The molecule has 0 saturated heterocycles. The molecular formula is C20H13ClFN3. The molecule has 25 heavy (non-hydrogen) atoms. The molecule has 3 nitrogen and oxygen atoms in total. The Bertz CT molecular complexity index is 1100. The van der Waals surface area contributed by atoms with Crippen LogP contribution in [0.25, 0.3) is 33.7 Å². The van der Waals surface area contributed by atoms with Crippen LogP contribution in [-0.2, 0) is 0 Å². The summed E-state index contributed by atoms with van der Waals surface area (Å²) in [6, 6.07) is 16.4. The van der Waals surface area contributed by atoms with E-state index in [4.69, 9.17) is 11.6 Å². The fourth-order valence-corrected chi connectivity index (χ4v) is 2.88. The third-order valence-corrected chi connectivity index (χ3v) is 4.31. The van der Waals surface area contributed by atoms with Crippen molar-refractivity contribution < 1.29 is 4.39 Å². The first-order valence-corrected chi connectivity index (χ1v) is 8.15. The first-order chi connectivity index (χ1) is 12.1. The first kappa shape index (κ1) is 15.7. The molecule has 0 aliphatic heterocycles. The molecule has 4 rings (SSSR count). The third-order valence-electron chi connectivity index (χ3n) is 4.02. The summed E-state index contributed by atoms with van der Waals surface area (Å²) in [5.41, 5.74) is 3.18. The van der Waals surface area contributed by atoms with Gasteiger partial charge in [0.05, 0.1) is 16.2 Å². The van der Waals surface area contributed by atoms with Gasteiger partial charge < -0.3 is 0 Å². The summed E-state index contributed by atoms with van der Waals surface area (Å²) in [5, 5.41) is 1.03. The minimum Gasteiger partial charge on any atom is -0.244 e. The van der Waals surface area contributed by atoms with Crippen molar-refractivity contribution in [2.24, 2.45) is 0 Å². The number of rotatable bonds is 2. The molecule has 0 bridgehead atoms. The highest BCUT2D eigenvalue weighted by Crippen LogP contribution is 2.30. The lowest BCUT2D eigenvalue weighted by atomic mass is 10.1. The minimum atomic E-state index is -0.476. The van der Waals surface area contributed by atoms with Gasteiger partial charge >= 0.3 is 0 Å². The van der Waals surface area contributed by atoms with Crippen molar-refractivity contribution in [2.45, 2.75) is 6.92 Å². The standard InChI is InChI=1S/C20H13ClFN3/c1-12-9-10-17(20-23-11-13-5-2-3-8-16(13)25-20)24-19(12)14-6-4-7-15(21)18(14)22/h2-11H,1H3. The molecule has 2 aromatic carbocycles. The van der Waals surface area contributed by atoms with E-state index in [0.717, 1.165) is 16.5 Å². The predicted octanol–water partition coefficient (Wildman–Crippen LogP) is 5.46. The summed E-state index contributed by atoms with van der Waals surface area (Å²) in [6.45, 7) is 1.88.